The molecule has 3 heteroatoms. The lowest BCUT2D eigenvalue weighted by Crippen LogP contribution is -2.58. The molecule has 4 aliphatic rings. The third-order valence-electron chi connectivity index (χ3n) is 11.6. The summed E-state index contributed by atoms with van der Waals surface area (Å²) in [5.41, 5.74) is -0.154. The van der Waals surface area contributed by atoms with Gasteiger partial charge in [0.15, 0.2) is 0 Å². The quantitative estimate of drug-likeness (QED) is 0.0849. The van der Waals surface area contributed by atoms with Crippen LogP contribution in [0.15, 0.2) is 0 Å². The molecule has 2 heterocycles. The van der Waals surface area contributed by atoms with E-state index in [2.05, 4.69) is 13.8 Å². The highest BCUT2D eigenvalue weighted by atomic mass is 16.6. The molecule has 0 amide bonds. The summed E-state index contributed by atoms with van der Waals surface area (Å²) in [6.45, 7) is 6.49. The van der Waals surface area contributed by atoms with E-state index in [4.69, 9.17) is 14.2 Å². The van der Waals surface area contributed by atoms with Crippen LogP contribution in [-0.2, 0) is 14.2 Å². The van der Waals surface area contributed by atoms with Gasteiger partial charge in [0.05, 0.1) is 13.2 Å². The second-order valence-electron chi connectivity index (χ2n) is 14.8. The van der Waals surface area contributed by atoms with Gasteiger partial charge in [-0.3, -0.25) is 0 Å². The molecule has 2 aliphatic carbocycles. The minimum atomic E-state index is -0.0772. The zero-order chi connectivity index (χ0) is 28.6. The minimum absolute atomic E-state index is 0.0772. The summed E-state index contributed by atoms with van der Waals surface area (Å²) in [5.74, 6) is 1.35. The van der Waals surface area contributed by atoms with Gasteiger partial charge in [-0.2, -0.15) is 0 Å². The lowest BCUT2D eigenvalue weighted by molar-refractivity contribution is -0.235. The van der Waals surface area contributed by atoms with Gasteiger partial charge in [0.2, 0.25) is 0 Å². The summed E-state index contributed by atoms with van der Waals surface area (Å²) in [4.78, 5) is 0. The molecule has 0 aromatic rings. The van der Waals surface area contributed by atoms with E-state index in [1.807, 2.05) is 0 Å². The van der Waals surface area contributed by atoms with Crippen LogP contribution in [0.5, 0.6) is 0 Å². The SMILES string of the molecule is CCCCCCCCCCC(OC(CCCCCCCCCC)(C1CCCCC1)C1CO1)(C1CCCCC1)C1CO1. The largest absolute Gasteiger partial charge is 0.370 e. The number of hydrogen-bond acceptors (Lipinski definition) is 3. The number of hydrogen-bond donors (Lipinski definition) is 0. The first-order valence-electron chi connectivity index (χ1n) is 19.2. The lowest BCUT2D eigenvalue weighted by atomic mass is 9.69. The van der Waals surface area contributed by atoms with Crippen LogP contribution in [0.3, 0.4) is 0 Å². The lowest BCUT2D eigenvalue weighted by Gasteiger charge is -2.52. The Labute approximate surface area is 256 Å². The Morgan fingerprint density at radius 1 is 0.463 bits per heavy atom. The normalized spacial score (nSPS) is 26.5. The molecule has 0 spiro atoms. The minimum Gasteiger partial charge on any atom is -0.370 e. The molecule has 0 bridgehead atoms. The second kappa shape index (κ2) is 18.6. The fourth-order valence-corrected chi connectivity index (χ4v) is 8.92. The Morgan fingerprint density at radius 2 is 0.780 bits per heavy atom. The van der Waals surface area contributed by atoms with Crippen molar-refractivity contribution in [3.8, 4) is 0 Å². The van der Waals surface area contributed by atoms with Gasteiger partial charge in [0, 0.05) is 0 Å². The van der Waals surface area contributed by atoms with Crippen molar-refractivity contribution in [1.29, 1.82) is 0 Å². The number of rotatable bonds is 24. The predicted molar refractivity (Wildman–Crippen MR) is 174 cm³/mol. The van der Waals surface area contributed by atoms with E-state index in [0.29, 0.717) is 24.0 Å². The third kappa shape index (κ3) is 10.5. The second-order valence-corrected chi connectivity index (χ2v) is 14.8. The molecule has 2 saturated carbocycles. The predicted octanol–water partition coefficient (Wildman–Crippen LogP) is 11.5. The molecule has 4 rings (SSSR count). The van der Waals surface area contributed by atoms with E-state index in [-0.39, 0.29) is 11.2 Å². The first-order chi connectivity index (χ1) is 20.2. The van der Waals surface area contributed by atoms with Gasteiger partial charge in [0.25, 0.3) is 0 Å². The molecule has 4 unspecified atom stereocenters. The van der Waals surface area contributed by atoms with Crippen molar-refractivity contribution in [2.75, 3.05) is 13.2 Å². The van der Waals surface area contributed by atoms with E-state index in [9.17, 15) is 0 Å². The zero-order valence-corrected chi connectivity index (χ0v) is 27.7. The van der Waals surface area contributed by atoms with Crippen LogP contribution in [0.25, 0.3) is 0 Å². The molecule has 0 aromatic heterocycles. The topological polar surface area (TPSA) is 34.3 Å². The number of epoxide rings is 2. The summed E-state index contributed by atoms with van der Waals surface area (Å²) >= 11 is 0. The van der Waals surface area contributed by atoms with Gasteiger partial charge in [-0.15, -0.1) is 0 Å². The summed E-state index contributed by atoms with van der Waals surface area (Å²) in [6, 6.07) is 0. The molecule has 41 heavy (non-hydrogen) atoms. The average Bonchev–Trinajstić information content (AvgIpc) is 3.93. The Morgan fingerprint density at radius 3 is 1.10 bits per heavy atom. The molecule has 0 aromatic carbocycles. The molecule has 4 atom stereocenters. The van der Waals surface area contributed by atoms with Crippen molar-refractivity contribution in [3.63, 3.8) is 0 Å². The van der Waals surface area contributed by atoms with E-state index in [0.717, 1.165) is 13.2 Å². The van der Waals surface area contributed by atoms with Crippen LogP contribution >= 0.6 is 0 Å². The molecule has 0 radical (unpaired) electrons. The van der Waals surface area contributed by atoms with Gasteiger partial charge < -0.3 is 14.2 Å². The summed E-state index contributed by atoms with van der Waals surface area (Å²) in [7, 11) is 0. The van der Waals surface area contributed by atoms with Gasteiger partial charge in [0.1, 0.15) is 23.4 Å². The Kier molecular flexibility index (Phi) is 15.3. The summed E-state index contributed by atoms with van der Waals surface area (Å²) in [6.07, 6.45) is 39.0. The van der Waals surface area contributed by atoms with Crippen molar-refractivity contribution >= 4 is 0 Å². The van der Waals surface area contributed by atoms with Crippen LogP contribution in [0.4, 0.5) is 0 Å². The zero-order valence-electron chi connectivity index (χ0n) is 27.7. The molecule has 0 N–H and O–H groups in total. The molecule has 240 valence electrons. The summed E-state index contributed by atoms with van der Waals surface area (Å²) in [5, 5.41) is 0. The van der Waals surface area contributed by atoms with Crippen LogP contribution in [0.1, 0.15) is 194 Å². The van der Waals surface area contributed by atoms with Crippen molar-refractivity contribution < 1.29 is 14.2 Å². The fourth-order valence-electron chi connectivity index (χ4n) is 8.92. The Hall–Kier alpha value is -0.120. The van der Waals surface area contributed by atoms with Gasteiger partial charge in [-0.05, 0) is 50.4 Å². The van der Waals surface area contributed by atoms with E-state index >= 15 is 0 Å². The highest BCUT2D eigenvalue weighted by Gasteiger charge is 2.61. The van der Waals surface area contributed by atoms with E-state index in [1.54, 1.807) is 0 Å². The maximum absolute atomic E-state index is 8.02. The first kappa shape index (κ1) is 33.8. The van der Waals surface area contributed by atoms with E-state index < -0.39 is 0 Å². The van der Waals surface area contributed by atoms with Crippen LogP contribution in [0, 0.1) is 11.8 Å². The van der Waals surface area contributed by atoms with Gasteiger partial charge in [-0.25, -0.2) is 0 Å². The van der Waals surface area contributed by atoms with Crippen molar-refractivity contribution in [2.24, 2.45) is 11.8 Å². The van der Waals surface area contributed by atoms with Crippen molar-refractivity contribution in [2.45, 2.75) is 217 Å². The number of ether oxygens (including phenoxy) is 3. The molecule has 3 nitrogen and oxygen atoms in total. The van der Waals surface area contributed by atoms with E-state index in [1.165, 1.54) is 180 Å². The first-order valence-corrected chi connectivity index (χ1v) is 19.2. The van der Waals surface area contributed by atoms with Gasteiger partial charge in [-0.1, -0.05) is 155 Å². The third-order valence-corrected chi connectivity index (χ3v) is 11.6. The molecule has 4 fully saturated rings. The standard InChI is InChI=1S/C38H70O3/c1-3-5-7-9-11-13-15-23-29-37(35-31-39-35,33-25-19-17-20-26-33)41-38(36-32-40-36,34-27-21-18-22-28-34)30-24-16-14-12-10-8-6-4-2/h33-36H,3-32H2,1-2H3. The van der Waals surface area contributed by atoms with Gasteiger partial charge >= 0.3 is 0 Å². The summed E-state index contributed by atoms with van der Waals surface area (Å²) < 4.78 is 20.6. The van der Waals surface area contributed by atoms with Crippen molar-refractivity contribution in [3.05, 3.63) is 0 Å². The monoisotopic (exact) mass is 575 g/mol. The highest BCUT2D eigenvalue weighted by Crippen LogP contribution is 2.54. The maximum Gasteiger partial charge on any atom is 0.110 e. The highest BCUT2D eigenvalue weighted by molar-refractivity contribution is 5.09. The number of unbranched alkanes of at least 4 members (excludes halogenated alkanes) is 14. The molecular formula is C38H70O3. The average molecular weight is 575 g/mol. The fraction of sp³-hybridized carbons (Fsp3) is 1.00. The van der Waals surface area contributed by atoms with Crippen LogP contribution in [0.2, 0.25) is 0 Å². The van der Waals surface area contributed by atoms with Crippen LogP contribution in [-0.4, -0.2) is 36.6 Å². The molecular weight excluding hydrogens is 504 g/mol. The molecule has 2 aliphatic heterocycles. The smallest absolute Gasteiger partial charge is 0.110 e. The van der Waals surface area contributed by atoms with Crippen molar-refractivity contribution in [1.82, 2.24) is 0 Å². The maximum atomic E-state index is 8.02. The Balaban J connectivity index is 1.45. The molecule has 2 saturated heterocycles. The Bertz CT molecular complexity index is 604. The van der Waals surface area contributed by atoms with Crippen LogP contribution < -0.4 is 0 Å².